The second-order valence-corrected chi connectivity index (χ2v) is 5.43. The third-order valence-electron chi connectivity index (χ3n) is 2.66. The summed E-state index contributed by atoms with van der Waals surface area (Å²) in [5.41, 5.74) is 2.85. The molecule has 0 aliphatic rings. The second-order valence-electron chi connectivity index (χ2n) is 4.85. The average molecular weight is 238 g/mol. The minimum Gasteiger partial charge on any atom is -0.148 e. The largest absolute Gasteiger partial charge is 0.148 e. The molecule has 16 heavy (non-hydrogen) atoms. The van der Waals surface area contributed by atoms with Crippen LogP contribution in [0.3, 0.4) is 0 Å². The summed E-state index contributed by atoms with van der Waals surface area (Å²) in [7, 11) is 0. The van der Waals surface area contributed by atoms with Crippen molar-refractivity contribution in [2.24, 2.45) is 5.92 Å². The summed E-state index contributed by atoms with van der Waals surface area (Å²) in [6.07, 6.45) is 9.94. The van der Waals surface area contributed by atoms with Crippen molar-refractivity contribution in [1.29, 1.82) is 0 Å². The van der Waals surface area contributed by atoms with Crippen LogP contribution in [0.25, 0.3) is 0 Å². The highest BCUT2D eigenvalue weighted by atomic mass is 32.1. The van der Waals surface area contributed by atoms with Gasteiger partial charge in [0.25, 0.3) is 0 Å². The number of allylic oxidation sites excluding steroid dienone is 6. The van der Waals surface area contributed by atoms with Gasteiger partial charge in [-0.05, 0) is 50.9 Å². The summed E-state index contributed by atoms with van der Waals surface area (Å²) in [5, 5.41) is 0. The quantitative estimate of drug-likeness (QED) is 0.456. The van der Waals surface area contributed by atoms with Gasteiger partial charge in [0.05, 0.1) is 0 Å². The average Bonchev–Trinajstić information content (AvgIpc) is 2.16. The highest BCUT2D eigenvalue weighted by molar-refractivity contribution is 7.84. The van der Waals surface area contributed by atoms with Crippen LogP contribution in [0.2, 0.25) is 0 Å². The molecular weight excluding hydrogens is 212 g/mol. The fourth-order valence-corrected chi connectivity index (χ4v) is 1.46. The molecule has 0 amide bonds. The van der Waals surface area contributed by atoms with Crippen molar-refractivity contribution in [3.8, 4) is 0 Å². The first-order valence-electron chi connectivity index (χ1n) is 6.11. The van der Waals surface area contributed by atoms with Crippen LogP contribution in [-0.4, -0.2) is 0 Å². The molecule has 0 aliphatic carbocycles. The molecule has 0 fully saturated rings. The van der Waals surface area contributed by atoms with Gasteiger partial charge in [0.15, 0.2) is 0 Å². The van der Waals surface area contributed by atoms with Crippen molar-refractivity contribution in [2.75, 3.05) is 0 Å². The maximum absolute atomic E-state index is 4.49. The molecule has 0 saturated heterocycles. The Hall–Kier alpha value is -0.430. The minimum absolute atomic E-state index is 0.655. The van der Waals surface area contributed by atoms with Crippen molar-refractivity contribution >= 4 is 12.6 Å². The first-order valence-corrected chi connectivity index (χ1v) is 6.56. The second kappa shape index (κ2) is 8.69. The predicted molar refractivity (Wildman–Crippen MR) is 78.9 cm³/mol. The lowest BCUT2D eigenvalue weighted by Crippen LogP contribution is -1.87. The molecule has 0 nitrogen and oxygen atoms in total. The van der Waals surface area contributed by atoms with Crippen LogP contribution >= 0.6 is 12.6 Å². The van der Waals surface area contributed by atoms with E-state index in [0.717, 1.165) is 19.3 Å². The van der Waals surface area contributed by atoms with E-state index in [-0.39, 0.29) is 0 Å². The Balaban J connectivity index is 3.96. The lowest BCUT2D eigenvalue weighted by atomic mass is 10.0. The van der Waals surface area contributed by atoms with E-state index >= 15 is 0 Å². The molecule has 0 radical (unpaired) electrons. The molecule has 0 atom stereocenters. The van der Waals surface area contributed by atoms with E-state index in [1.165, 1.54) is 16.1 Å². The smallest absolute Gasteiger partial charge is 0.0156 e. The van der Waals surface area contributed by atoms with Gasteiger partial charge in [0.1, 0.15) is 0 Å². The molecular formula is C15H26S. The van der Waals surface area contributed by atoms with E-state index < -0.39 is 0 Å². The monoisotopic (exact) mass is 238 g/mol. The summed E-state index contributed by atoms with van der Waals surface area (Å²) in [6.45, 7) is 10.9. The lowest BCUT2D eigenvalue weighted by Gasteiger charge is -2.03. The van der Waals surface area contributed by atoms with E-state index in [1.54, 1.807) is 0 Å². The molecule has 0 aliphatic heterocycles. The Bertz CT molecular complexity index is 276. The Morgan fingerprint density at radius 3 is 2.19 bits per heavy atom. The zero-order chi connectivity index (χ0) is 12.6. The molecule has 92 valence electrons. The van der Waals surface area contributed by atoms with Crippen LogP contribution in [0, 0.1) is 5.92 Å². The summed E-state index contributed by atoms with van der Waals surface area (Å²) >= 11 is 4.49. The van der Waals surface area contributed by atoms with Gasteiger partial charge in [-0.25, -0.2) is 0 Å². The lowest BCUT2D eigenvalue weighted by molar-refractivity contribution is 0.764. The van der Waals surface area contributed by atoms with Gasteiger partial charge >= 0.3 is 0 Å². The topological polar surface area (TPSA) is 0 Å². The molecule has 0 aromatic heterocycles. The minimum atomic E-state index is 0.655. The molecule has 1 heteroatoms. The van der Waals surface area contributed by atoms with Crippen molar-refractivity contribution < 1.29 is 0 Å². The van der Waals surface area contributed by atoms with E-state index in [2.05, 4.69) is 65.5 Å². The van der Waals surface area contributed by atoms with Gasteiger partial charge in [0.2, 0.25) is 0 Å². The fraction of sp³-hybridized carbons (Fsp3) is 0.600. The van der Waals surface area contributed by atoms with Gasteiger partial charge < -0.3 is 0 Å². The van der Waals surface area contributed by atoms with Crippen LogP contribution in [0.1, 0.15) is 53.9 Å². The SMILES string of the molecule is CC(C)=CCC/C(S)=C/C/C=C(\C)C(C)C. The Morgan fingerprint density at radius 1 is 1.06 bits per heavy atom. The number of thiol groups is 1. The predicted octanol–water partition coefficient (Wildman–Crippen LogP) is 5.54. The highest BCUT2D eigenvalue weighted by Crippen LogP contribution is 2.14. The van der Waals surface area contributed by atoms with E-state index in [9.17, 15) is 0 Å². The Kier molecular flexibility index (Phi) is 8.46. The molecule has 0 aromatic rings. The van der Waals surface area contributed by atoms with Gasteiger partial charge in [-0.15, -0.1) is 12.6 Å². The van der Waals surface area contributed by atoms with Crippen LogP contribution in [0.15, 0.2) is 34.3 Å². The van der Waals surface area contributed by atoms with E-state index in [0.29, 0.717) is 5.92 Å². The highest BCUT2D eigenvalue weighted by Gasteiger charge is 1.94. The standard InChI is InChI=1S/C15H26S/c1-12(2)8-6-10-15(16)11-7-9-14(5)13(3)4/h8-9,11,13,16H,6-7,10H2,1-5H3/b14-9+,15-11-. The summed E-state index contributed by atoms with van der Waals surface area (Å²) < 4.78 is 0. The molecule has 0 aromatic carbocycles. The summed E-state index contributed by atoms with van der Waals surface area (Å²) in [6, 6.07) is 0. The third-order valence-corrected chi connectivity index (χ3v) is 3.06. The van der Waals surface area contributed by atoms with Crippen molar-refractivity contribution in [3.63, 3.8) is 0 Å². The Morgan fingerprint density at radius 2 is 1.69 bits per heavy atom. The summed E-state index contributed by atoms with van der Waals surface area (Å²) in [4.78, 5) is 1.20. The van der Waals surface area contributed by atoms with Gasteiger partial charge in [0, 0.05) is 0 Å². The molecule has 0 rings (SSSR count). The van der Waals surface area contributed by atoms with Crippen LogP contribution < -0.4 is 0 Å². The van der Waals surface area contributed by atoms with Gasteiger partial charge in [-0.2, -0.15) is 0 Å². The van der Waals surface area contributed by atoms with Gasteiger partial charge in [-0.3, -0.25) is 0 Å². The number of rotatable bonds is 6. The van der Waals surface area contributed by atoms with Crippen LogP contribution in [-0.2, 0) is 0 Å². The molecule has 0 unspecified atom stereocenters. The molecule has 0 heterocycles. The van der Waals surface area contributed by atoms with Crippen LogP contribution in [0.4, 0.5) is 0 Å². The van der Waals surface area contributed by atoms with E-state index in [1.807, 2.05) is 0 Å². The van der Waals surface area contributed by atoms with E-state index in [4.69, 9.17) is 0 Å². The van der Waals surface area contributed by atoms with Crippen molar-refractivity contribution in [2.45, 2.75) is 53.9 Å². The Labute approximate surface area is 107 Å². The first kappa shape index (κ1) is 15.6. The van der Waals surface area contributed by atoms with Crippen molar-refractivity contribution in [1.82, 2.24) is 0 Å². The molecule has 0 spiro atoms. The van der Waals surface area contributed by atoms with Crippen LogP contribution in [0.5, 0.6) is 0 Å². The molecule has 0 bridgehead atoms. The maximum atomic E-state index is 4.49. The zero-order valence-corrected chi connectivity index (χ0v) is 12.3. The van der Waals surface area contributed by atoms with Crippen molar-refractivity contribution in [3.05, 3.63) is 34.3 Å². The van der Waals surface area contributed by atoms with Gasteiger partial charge in [-0.1, -0.05) is 43.2 Å². The third kappa shape index (κ3) is 8.84. The zero-order valence-electron chi connectivity index (χ0n) is 11.4. The first-order chi connectivity index (χ1) is 7.43. The maximum Gasteiger partial charge on any atom is -0.0156 e. The fourth-order valence-electron chi connectivity index (χ4n) is 1.23. The normalized spacial score (nSPS) is 13.2. The molecule has 0 N–H and O–H groups in total. The summed E-state index contributed by atoms with van der Waals surface area (Å²) in [5.74, 6) is 0.655. The number of hydrogen-bond donors (Lipinski definition) is 1. The molecule has 0 saturated carbocycles. The number of hydrogen-bond acceptors (Lipinski definition) is 1.